The standard InChI is InChI=1S/C20H23NO3S/c1-14-8-9-17-16(10-14)11-18(25-17)20(23)24-13-19(22)21(2)12-15-6-4-3-5-7-15/h3-7,11,14H,8-10,12-13H2,1-2H3/t14-/m1/s1. The minimum atomic E-state index is -0.395. The number of carbonyl (C=O) groups is 2. The number of amides is 1. The van der Waals surface area contributed by atoms with Crippen molar-refractivity contribution in [1.29, 1.82) is 0 Å². The van der Waals surface area contributed by atoms with E-state index in [1.54, 1.807) is 11.9 Å². The number of ether oxygens (including phenoxy) is 1. The summed E-state index contributed by atoms with van der Waals surface area (Å²) in [5.74, 6) is 0.0693. The first-order valence-corrected chi connectivity index (χ1v) is 9.41. The van der Waals surface area contributed by atoms with E-state index in [0.717, 1.165) is 18.4 Å². The first-order valence-electron chi connectivity index (χ1n) is 8.59. The van der Waals surface area contributed by atoms with E-state index >= 15 is 0 Å². The first-order chi connectivity index (χ1) is 12.0. The number of esters is 1. The summed E-state index contributed by atoms with van der Waals surface area (Å²) in [7, 11) is 1.72. The summed E-state index contributed by atoms with van der Waals surface area (Å²) in [6.45, 7) is 2.52. The van der Waals surface area contributed by atoms with Gasteiger partial charge < -0.3 is 9.64 Å². The number of hydrogen-bond acceptors (Lipinski definition) is 4. The summed E-state index contributed by atoms with van der Waals surface area (Å²) in [6, 6.07) is 11.7. The van der Waals surface area contributed by atoms with Crippen LogP contribution in [0.1, 0.15) is 39.0 Å². The van der Waals surface area contributed by atoms with Crippen molar-refractivity contribution in [2.75, 3.05) is 13.7 Å². The van der Waals surface area contributed by atoms with Gasteiger partial charge in [0.25, 0.3) is 5.91 Å². The molecular weight excluding hydrogens is 334 g/mol. The summed E-state index contributed by atoms with van der Waals surface area (Å²) < 4.78 is 5.23. The number of thiophene rings is 1. The lowest BCUT2D eigenvalue weighted by molar-refractivity contribution is -0.133. The molecule has 1 aliphatic rings. The average Bonchev–Trinajstić information content (AvgIpc) is 3.03. The lowest BCUT2D eigenvalue weighted by Crippen LogP contribution is -2.30. The highest BCUT2D eigenvalue weighted by molar-refractivity contribution is 7.14. The van der Waals surface area contributed by atoms with Crippen LogP contribution < -0.4 is 0 Å². The number of aryl methyl sites for hydroxylation is 1. The highest BCUT2D eigenvalue weighted by Gasteiger charge is 2.22. The number of fused-ring (bicyclic) bond motifs is 1. The monoisotopic (exact) mass is 357 g/mol. The summed E-state index contributed by atoms with van der Waals surface area (Å²) in [5.41, 5.74) is 2.31. The highest BCUT2D eigenvalue weighted by atomic mass is 32.1. The van der Waals surface area contributed by atoms with Crippen molar-refractivity contribution in [3.8, 4) is 0 Å². The molecule has 0 fully saturated rings. The van der Waals surface area contributed by atoms with Gasteiger partial charge in [0.15, 0.2) is 6.61 Å². The van der Waals surface area contributed by atoms with Crippen LogP contribution in [0.25, 0.3) is 0 Å². The van der Waals surface area contributed by atoms with Gasteiger partial charge in [0, 0.05) is 18.5 Å². The molecule has 0 saturated carbocycles. The second-order valence-electron chi connectivity index (χ2n) is 6.72. The highest BCUT2D eigenvalue weighted by Crippen LogP contribution is 2.32. The van der Waals surface area contributed by atoms with E-state index in [9.17, 15) is 9.59 Å². The quantitative estimate of drug-likeness (QED) is 0.767. The van der Waals surface area contributed by atoms with Gasteiger partial charge in [0.1, 0.15) is 4.88 Å². The topological polar surface area (TPSA) is 46.6 Å². The Bertz CT molecular complexity index is 754. The number of nitrogens with zero attached hydrogens (tertiary/aromatic N) is 1. The molecule has 1 atom stereocenters. The van der Waals surface area contributed by atoms with E-state index in [2.05, 4.69) is 6.92 Å². The van der Waals surface area contributed by atoms with Crippen LogP contribution in [0.5, 0.6) is 0 Å². The molecule has 0 radical (unpaired) electrons. The molecule has 5 heteroatoms. The molecule has 1 aromatic heterocycles. The second-order valence-corrected chi connectivity index (χ2v) is 7.86. The van der Waals surface area contributed by atoms with Crippen LogP contribution in [0.3, 0.4) is 0 Å². The number of likely N-dealkylation sites (N-methyl/N-ethyl adjacent to an activating group) is 1. The molecule has 132 valence electrons. The van der Waals surface area contributed by atoms with Gasteiger partial charge in [-0.15, -0.1) is 11.3 Å². The van der Waals surface area contributed by atoms with Crippen LogP contribution in [0.15, 0.2) is 36.4 Å². The van der Waals surface area contributed by atoms with Gasteiger partial charge in [-0.3, -0.25) is 4.79 Å². The zero-order chi connectivity index (χ0) is 17.8. The van der Waals surface area contributed by atoms with Crippen molar-refractivity contribution in [1.82, 2.24) is 4.90 Å². The number of carbonyl (C=O) groups excluding carboxylic acids is 2. The zero-order valence-electron chi connectivity index (χ0n) is 14.7. The molecular formula is C20H23NO3S. The van der Waals surface area contributed by atoms with Crippen molar-refractivity contribution < 1.29 is 14.3 Å². The molecule has 1 heterocycles. The average molecular weight is 357 g/mol. The lowest BCUT2D eigenvalue weighted by atomic mass is 9.90. The van der Waals surface area contributed by atoms with Crippen molar-refractivity contribution in [2.45, 2.75) is 32.7 Å². The van der Waals surface area contributed by atoms with E-state index in [0.29, 0.717) is 17.3 Å². The Labute approximate surface area is 152 Å². The molecule has 0 bridgehead atoms. The van der Waals surface area contributed by atoms with Gasteiger partial charge in [-0.05, 0) is 42.4 Å². The van der Waals surface area contributed by atoms with E-state index in [1.165, 1.54) is 28.2 Å². The molecule has 3 rings (SSSR count). The molecule has 4 nitrogen and oxygen atoms in total. The van der Waals surface area contributed by atoms with Gasteiger partial charge in [0.2, 0.25) is 0 Å². The smallest absolute Gasteiger partial charge is 0.348 e. The van der Waals surface area contributed by atoms with Crippen molar-refractivity contribution in [2.24, 2.45) is 5.92 Å². The maximum atomic E-state index is 12.2. The number of hydrogen-bond donors (Lipinski definition) is 0. The van der Waals surface area contributed by atoms with Crippen LogP contribution in [0.2, 0.25) is 0 Å². The fraction of sp³-hybridized carbons (Fsp3) is 0.400. The Morgan fingerprint density at radius 2 is 2.04 bits per heavy atom. The Kier molecular flexibility index (Phi) is 5.53. The van der Waals surface area contributed by atoms with Gasteiger partial charge in [-0.2, -0.15) is 0 Å². The predicted octanol–water partition coefficient (Wildman–Crippen LogP) is 3.69. The first kappa shape index (κ1) is 17.7. The third-order valence-electron chi connectivity index (χ3n) is 4.55. The molecule has 0 aliphatic heterocycles. The summed E-state index contributed by atoms with van der Waals surface area (Å²) in [6.07, 6.45) is 3.23. The maximum absolute atomic E-state index is 12.2. The SMILES string of the molecule is C[C@@H]1CCc2sc(C(=O)OCC(=O)N(C)Cc3ccccc3)cc2C1. The number of benzene rings is 1. The normalized spacial score (nSPS) is 16.2. The molecule has 1 aliphatic carbocycles. The second kappa shape index (κ2) is 7.83. The Morgan fingerprint density at radius 1 is 1.28 bits per heavy atom. The third-order valence-corrected chi connectivity index (χ3v) is 5.76. The Morgan fingerprint density at radius 3 is 2.80 bits per heavy atom. The van der Waals surface area contributed by atoms with Crippen molar-refractivity contribution in [3.05, 3.63) is 57.3 Å². The van der Waals surface area contributed by atoms with E-state index in [1.807, 2.05) is 36.4 Å². The van der Waals surface area contributed by atoms with Crippen LogP contribution in [0.4, 0.5) is 0 Å². The molecule has 1 aromatic carbocycles. The van der Waals surface area contributed by atoms with Crippen molar-refractivity contribution in [3.63, 3.8) is 0 Å². The van der Waals surface area contributed by atoms with E-state index < -0.39 is 5.97 Å². The van der Waals surface area contributed by atoms with Crippen LogP contribution in [-0.2, 0) is 28.9 Å². The maximum Gasteiger partial charge on any atom is 0.348 e. The Hall–Kier alpha value is -2.14. The predicted molar refractivity (Wildman–Crippen MR) is 98.7 cm³/mol. The molecule has 0 spiro atoms. The number of rotatable bonds is 5. The van der Waals surface area contributed by atoms with Crippen LogP contribution in [0, 0.1) is 5.92 Å². The minimum Gasteiger partial charge on any atom is -0.451 e. The van der Waals surface area contributed by atoms with Crippen LogP contribution >= 0.6 is 11.3 Å². The van der Waals surface area contributed by atoms with Crippen LogP contribution in [-0.4, -0.2) is 30.4 Å². The van der Waals surface area contributed by atoms with Gasteiger partial charge in [0.05, 0.1) is 0 Å². The largest absolute Gasteiger partial charge is 0.451 e. The zero-order valence-corrected chi connectivity index (χ0v) is 15.5. The fourth-order valence-corrected chi connectivity index (χ4v) is 4.16. The minimum absolute atomic E-state index is 0.202. The van der Waals surface area contributed by atoms with Gasteiger partial charge >= 0.3 is 5.97 Å². The Balaban J connectivity index is 1.52. The fourth-order valence-electron chi connectivity index (χ4n) is 3.06. The van der Waals surface area contributed by atoms with Crippen molar-refractivity contribution >= 4 is 23.2 Å². The molecule has 0 saturated heterocycles. The van der Waals surface area contributed by atoms with Gasteiger partial charge in [-0.25, -0.2) is 4.79 Å². The lowest BCUT2D eigenvalue weighted by Gasteiger charge is -2.17. The molecule has 0 N–H and O–H groups in total. The third kappa shape index (κ3) is 4.48. The van der Waals surface area contributed by atoms with E-state index in [4.69, 9.17) is 4.74 Å². The molecule has 0 unspecified atom stereocenters. The molecule has 2 aromatic rings. The summed E-state index contributed by atoms with van der Waals surface area (Å²) in [5, 5.41) is 0. The summed E-state index contributed by atoms with van der Waals surface area (Å²) in [4.78, 5) is 27.9. The molecule has 25 heavy (non-hydrogen) atoms. The van der Waals surface area contributed by atoms with Gasteiger partial charge in [-0.1, -0.05) is 37.3 Å². The molecule has 1 amide bonds. The van der Waals surface area contributed by atoms with E-state index in [-0.39, 0.29) is 12.5 Å². The summed E-state index contributed by atoms with van der Waals surface area (Å²) >= 11 is 1.51.